The van der Waals surface area contributed by atoms with Gasteiger partial charge in [0.05, 0.1) is 17.2 Å². The van der Waals surface area contributed by atoms with Gasteiger partial charge in [-0.2, -0.15) is 4.31 Å². The minimum Gasteiger partial charge on any atom is -0.490 e. The highest BCUT2D eigenvalue weighted by Crippen LogP contribution is 2.28. The molecule has 0 aliphatic carbocycles. The Morgan fingerprint density at radius 1 is 0.853 bits per heavy atom. The Kier molecular flexibility index (Phi) is 8.71. The van der Waals surface area contributed by atoms with E-state index in [1.54, 1.807) is 48.5 Å². The Morgan fingerprint density at radius 3 is 2.06 bits per heavy atom. The molecule has 0 aliphatic heterocycles. The molecular weight excluding hydrogens is 450 g/mol. The molecule has 7 heteroatoms. The van der Waals surface area contributed by atoms with Crippen LogP contribution in [0.15, 0.2) is 77.7 Å². The lowest BCUT2D eigenvalue weighted by Crippen LogP contribution is -2.40. The minimum atomic E-state index is -4.15. The highest BCUT2D eigenvalue weighted by molar-refractivity contribution is 7.93. The van der Waals surface area contributed by atoms with Crippen LogP contribution in [0.3, 0.4) is 0 Å². The SMILES string of the molecule is CCCCc1ccc(N(C(=O)COc2ccccc2OCC)S(=O)(=O)c2ccc(C)cc2)cc1. The quantitative estimate of drug-likeness (QED) is 0.360. The van der Waals surface area contributed by atoms with E-state index in [1.165, 1.54) is 12.1 Å². The van der Waals surface area contributed by atoms with Gasteiger partial charge in [-0.3, -0.25) is 4.79 Å². The number of amides is 1. The number of rotatable bonds is 11. The molecule has 180 valence electrons. The zero-order chi connectivity index (χ0) is 24.6. The molecule has 0 spiro atoms. The van der Waals surface area contributed by atoms with Crippen LogP contribution in [-0.2, 0) is 21.2 Å². The fourth-order valence-corrected chi connectivity index (χ4v) is 4.86. The first kappa shape index (κ1) is 25.3. The van der Waals surface area contributed by atoms with Crippen LogP contribution in [0.2, 0.25) is 0 Å². The number of nitrogens with zero attached hydrogens (tertiary/aromatic N) is 1. The highest BCUT2D eigenvalue weighted by Gasteiger charge is 2.31. The summed E-state index contributed by atoms with van der Waals surface area (Å²) in [6.45, 7) is 5.81. The van der Waals surface area contributed by atoms with E-state index in [9.17, 15) is 13.2 Å². The molecular formula is C27H31NO5S. The summed E-state index contributed by atoms with van der Waals surface area (Å²) in [7, 11) is -4.15. The van der Waals surface area contributed by atoms with Crippen molar-refractivity contribution in [1.82, 2.24) is 0 Å². The summed E-state index contributed by atoms with van der Waals surface area (Å²) < 4.78 is 39.2. The number of benzene rings is 3. The van der Waals surface area contributed by atoms with Crippen LogP contribution >= 0.6 is 0 Å². The van der Waals surface area contributed by atoms with E-state index in [0.717, 1.165) is 34.7 Å². The van der Waals surface area contributed by atoms with Crippen molar-refractivity contribution in [1.29, 1.82) is 0 Å². The summed E-state index contributed by atoms with van der Waals surface area (Å²) >= 11 is 0. The monoisotopic (exact) mass is 481 g/mol. The molecule has 3 aromatic rings. The highest BCUT2D eigenvalue weighted by atomic mass is 32.2. The van der Waals surface area contributed by atoms with Gasteiger partial charge in [0.2, 0.25) is 0 Å². The van der Waals surface area contributed by atoms with Gasteiger partial charge in [0.15, 0.2) is 18.1 Å². The van der Waals surface area contributed by atoms with Gasteiger partial charge >= 0.3 is 0 Å². The van der Waals surface area contributed by atoms with Crippen LogP contribution in [0.5, 0.6) is 11.5 Å². The van der Waals surface area contributed by atoms with Crippen molar-refractivity contribution in [2.75, 3.05) is 17.5 Å². The predicted molar refractivity (Wildman–Crippen MR) is 134 cm³/mol. The third-order valence-electron chi connectivity index (χ3n) is 5.28. The molecule has 6 nitrogen and oxygen atoms in total. The first-order valence-electron chi connectivity index (χ1n) is 11.4. The van der Waals surface area contributed by atoms with Crippen LogP contribution in [0.25, 0.3) is 0 Å². The van der Waals surface area contributed by atoms with Crippen LogP contribution in [0, 0.1) is 6.92 Å². The van der Waals surface area contributed by atoms with Crippen molar-refractivity contribution in [3.63, 3.8) is 0 Å². The molecule has 0 heterocycles. The van der Waals surface area contributed by atoms with Gasteiger partial charge in [-0.1, -0.05) is 55.3 Å². The number of ether oxygens (including phenoxy) is 2. The van der Waals surface area contributed by atoms with Crippen molar-refractivity contribution in [2.45, 2.75) is 44.9 Å². The van der Waals surface area contributed by atoms with Crippen molar-refractivity contribution in [3.8, 4) is 11.5 Å². The fraction of sp³-hybridized carbons (Fsp3) is 0.296. The van der Waals surface area contributed by atoms with Gasteiger partial charge in [0, 0.05) is 0 Å². The molecule has 0 radical (unpaired) electrons. The molecule has 0 aliphatic rings. The second kappa shape index (κ2) is 11.7. The minimum absolute atomic E-state index is 0.0382. The summed E-state index contributed by atoms with van der Waals surface area (Å²) in [6.07, 6.45) is 3.00. The van der Waals surface area contributed by atoms with E-state index in [2.05, 4.69) is 6.92 Å². The average molecular weight is 482 g/mol. The maximum atomic E-state index is 13.5. The Morgan fingerprint density at radius 2 is 1.47 bits per heavy atom. The summed E-state index contributed by atoms with van der Waals surface area (Å²) in [6, 6.07) is 20.5. The number of anilines is 1. The van der Waals surface area contributed by atoms with Crippen LogP contribution in [-0.4, -0.2) is 27.5 Å². The van der Waals surface area contributed by atoms with Crippen molar-refractivity contribution < 1.29 is 22.7 Å². The second-order valence-electron chi connectivity index (χ2n) is 7.91. The molecule has 0 saturated carbocycles. The van der Waals surface area contributed by atoms with Gasteiger partial charge in [-0.25, -0.2) is 8.42 Å². The number of carbonyl (C=O) groups is 1. The molecule has 3 aromatic carbocycles. The van der Waals surface area contributed by atoms with Crippen LogP contribution < -0.4 is 13.8 Å². The molecule has 1 amide bonds. The number of hydrogen-bond donors (Lipinski definition) is 0. The molecule has 0 saturated heterocycles. The third-order valence-corrected chi connectivity index (χ3v) is 7.04. The molecule has 0 N–H and O–H groups in total. The van der Waals surface area contributed by atoms with Gasteiger partial charge in [-0.05, 0) is 68.7 Å². The van der Waals surface area contributed by atoms with E-state index in [1.807, 2.05) is 26.0 Å². The van der Waals surface area contributed by atoms with Crippen molar-refractivity contribution in [2.24, 2.45) is 0 Å². The molecule has 34 heavy (non-hydrogen) atoms. The van der Waals surface area contributed by atoms with Gasteiger partial charge in [0.1, 0.15) is 0 Å². The van der Waals surface area contributed by atoms with Crippen LogP contribution in [0.1, 0.15) is 37.8 Å². The first-order valence-corrected chi connectivity index (χ1v) is 12.9. The lowest BCUT2D eigenvalue weighted by molar-refractivity contribution is -0.119. The largest absolute Gasteiger partial charge is 0.490 e. The number of unbranched alkanes of at least 4 members (excludes halogenated alkanes) is 1. The standard InChI is InChI=1S/C27H31NO5S/c1-4-6-9-22-14-16-23(17-15-22)28(34(30,31)24-18-12-21(3)13-19-24)27(29)20-33-26-11-8-7-10-25(26)32-5-2/h7-8,10-19H,4-6,9,20H2,1-3H3. The van der Waals surface area contributed by atoms with E-state index in [0.29, 0.717) is 18.1 Å². The van der Waals surface area contributed by atoms with Gasteiger partial charge in [-0.15, -0.1) is 0 Å². The number of hydrogen-bond acceptors (Lipinski definition) is 5. The maximum Gasteiger partial charge on any atom is 0.278 e. The maximum absolute atomic E-state index is 13.5. The Balaban J connectivity index is 1.93. The molecule has 0 bridgehead atoms. The van der Waals surface area contributed by atoms with Crippen molar-refractivity contribution in [3.05, 3.63) is 83.9 Å². The van der Waals surface area contributed by atoms with Crippen LogP contribution in [0.4, 0.5) is 5.69 Å². The number of carbonyl (C=O) groups excluding carboxylic acids is 1. The van der Waals surface area contributed by atoms with E-state index in [4.69, 9.17) is 9.47 Å². The van der Waals surface area contributed by atoms with Crippen molar-refractivity contribution >= 4 is 21.6 Å². The Hall–Kier alpha value is -3.32. The number of aryl methyl sites for hydroxylation is 2. The predicted octanol–water partition coefficient (Wildman–Crippen LogP) is 5.54. The van der Waals surface area contributed by atoms with Gasteiger partial charge in [0.25, 0.3) is 15.9 Å². The smallest absolute Gasteiger partial charge is 0.278 e. The molecule has 0 aromatic heterocycles. The zero-order valence-electron chi connectivity index (χ0n) is 19.9. The summed E-state index contributed by atoms with van der Waals surface area (Å²) in [5.41, 5.74) is 2.29. The van der Waals surface area contributed by atoms with Gasteiger partial charge < -0.3 is 9.47 Å². The third kappa shape index (κ3) is 6.17. The topological polar surface area (TPSA) is 72.9 Å². The summed E-state index contributed by atoms with van der Waals surface area (Å²) in [4.78, 5) is 13.3. The average Bonchev–Trinajstić information content (AvgIpc) is 2.83. The number of para-hydroxylation sites is 2. The molecule has 3 rings (SSSR count). The van der Waals surface area contributed by atoms with E-state index in [-0.39, 0.29) is 10.6 Å². The summed E-state index contributed by atoms with van der Waals surface area (Å²) in [5, 5.41) is 0. The number of sulfonamides is 1. The molecule has 0 unspecified atom stereocenters. The Labute approximate surface area is 202 Å². The second-order valence-corrected chi connectivity index (χ2v) is 9.70. The van der Waals surface area contributed by atoms with E-state index >= 15 is 0 Å². The lowest BCUT2D eigenvalue weighted by atomic mass is 10.1. The zero-order valence-corrected chi connectivity index (χ0v) is 20.7. The lowest BCUT2D eigenvalue weighted by Gasteiger charge is -2.23. The fourth-order valence-electron chi connectivity index (χ4n) is 3.45. The van der Waals surface area contributed by atoms with E-state index < -0.39 is 22.5 Å². The summed E-state index contributed by atoms with van der Waals surface area (Å²) in [5.74, 6) is 0.166. The Bertz CT molecular complexity index is 1190. The molecule has 0 atom stereocenters. The normalized spacial score (nSPS) is 11.1. The molecule has 0 fully saturated rings. The first-order chi connectivity index (χ1) is 16.4.